The van der Waals surface area contributed by atoms with Crippen molar-refractivity contribution in [1.29, 1.82) is 0 Å². The van der Waals surface area contributed by atoms with E-state index in [1.165, 1.54) is 0 Å². The molecule has 0 radical (unpaired) electrons. The first-order valence-electron chi connectivity index (χ1n) is 3.89. The minimum Gasteiger partial charge on any atom is -0.316 e. The second-order valence-corrected chi connectivity index (χ2v) is 3.20. The van der Waals surface area contributed by atoms with Gasteiger partial charge in [-0.3, -0.25) is 0 Å². The van der Waals surface area contributed by atoms with Gasteiger partial charge in [0.15, 0.2) is 11.5 Å². The summed E-state index contributed by atoms with van der Waals surface area (Å²) in [5.41, 5.74) is -1.30. The molecule has 1 aliphatic rings. The number of aryl methyl sites for hydroxylation is 1. The Morgan fingerprint density at radius 2 is 2.17 bits per heavy atom. The summed E-state index contributed by atoms with van der Waals surface area (Å²) in [6.45, 7) is 2.50. The van der Waals surface area contributed by atoms with Crippen LogP contribution in [0, 0.1) is 6.92 Å². The zero-order valence-corrected chi connectivity index (χ0v) is 7.13. The summed E-state index contributed by atoms with van der Waals surface area (Å²) < 4.78 is 15.4. The molecule has 1 aliphatic heterocycles. The molecule has 0 aliphatic carbocycles. The molecule has 1 aromatic rings. The molecule has 0 amide bonds. The Balaban J connectivity index is 2.39. The lowest BCUT2D eigenvalue weighted by molar-refractivity contribution is 0.0748. The van der Waals surface area contributed by atoms with Gasteiger partial charge in [-0.2, -0.15) is 0 Å². The lowest BCUT2D eigenvalue weighted by atomic mass is 9.99. The van der Waals surface area contributed by atoms with Gasteiger partial charge < -0.3 is 9.88 Å². The fourth-order valence-electron chi connectivity index (χ4n) is 1.30. The average molecular weight is 170 g/mol. The number of halogens is 1. The molecular formula is C7H11FN4. The zero-order valence-electron chi connectivity index (χ0n) is 7.13. The van der Waals surface area contributed by atoms with E-state index in [2.05, 4.69) is 15.5 Å². The quantitative estimate of drug-likeness (QED) is 0.639. The van der Waals surface area contributed by atoms with E-state index in [-0.39, 0.29) is 0 Å². The Hall–Kier alpha value is -0.970. The highest BCUT2D eigenvalue weighted by molar-refractivity contribution is 5.11. The van der Waals surface area contributed by atoms with E-state index in [1.807, 2.05) is 6.92 Å². The van der Waals surface area contributed by atoms with Crippen molar-refractivity contribution < 1.29 is 4.39 Å². The van der Waals surface area contributed by atoms with Crippen LogP contribution >= 0.6 is 0 Å². The third-order valence-electron chi connectivity index (χ3n) is 2.30. The number of hydrogen-bond acceptors (Lipinski definition) is 3. The van der Waals surface area contributed by atoms with E-state index in [0.29, 0.717) is 18.9 Å². The molecule has 0 bridgehead atoms. The highest BCUT2D eigenvalue weighted by Crippen LogP contribution is 2.28. The van der Waals surface area contributed by atoms with Crippen molar-refractivity contribution in [2.45, 2.75) is 12.6 Å². The predicted octanol–water partition coefficient (Wildman–Crippen LogP) is -0.108. The maximum atomic E-state index is 13.7. The van der Waals surface area contributed by atoms with Crippen LogP contribution in [0.4, 0.5) is 4.39 Å². The second kappa shape index (κ2) is 2.26. The number of hydrogen-bond donors (Lipinski definition) is 1. The molecule has 66 valence electrons. The van der Waals surface area contributed by atoms with E-state index in [9.17, 15) is 4.39 Å². The SMILES string of the molecule is Cc1nnc(C2(F)CNC2)n1C. The van der Waals surface area contributed by atoms with Crippen LogP contribution in [0.5, 0.6) is 0 Å². The fraction of sp³-hybridized carbons (Fsp3) is 0.714. The van der Waals surface area contributed by atoms with Crippen molar-refractivity contribution in [2.75, 3.05) is 13.1 Å². The van der Waals surface area contributed by atoms with Crippen molar-refractivity contribution in [3.63, 3.8) is 0 Å². The Bertz CT molecular complexity index is 302. The van der Waals surface area contributed by atoms with E-state index in [0.717, 1.165) is 5.82 Å². The maximum Gasteiger partial charge on any atom is 0.194 e. The number of nitrogens with one attached hydrogen (secondary N) is 1. The zero-order chi connectivity index (χ0) is 8.77. The maximum absolute atomic E-state index is 13.7. The van der Waals surface area contributed by atoms with Gasteiger partial charge in [-0.15, -0.1) is 10.2 Å². The predicted molar refractivity (Wildman–Crippen MR) is 41.4 cm³/mol. The molecule has 1 fully saturated rings. The van der Waals surface area contributed by atoms with Crippen LogP contribution in [-0.4, -0.2) is 27.9 Å². The van der Waals surface area contributed by atoms with Crippen molar-refractivity contribution >= 4 is 0 Å². The number of alkyl halides is 1. The van der Waals surface area contributed by atoms with Crippen molar-refractivity contribution in [2.24, 2.45) is 7.05 Å². The van der Waals surface area contributed by atoms with E-state index in [4.69, 9.17) is 0 Å². The van der Waals surface area contributed by atoms with Crippen LogP contribution in [0.2, 0.25) is 0 Å². The molecule has 0 spiro atoms. The van der Waals surface area contributed by atoms with Crippen LogP contribution in [-0.2, 0) is 12.7 Å². The summed E-state index contributed by atoms with van der Waals surface area (Å²) in [5, 5.41) is 10.5. The van der Waals surface area contributed by atoms with Crippen molar-refractivity contribution in [3.05, 3.63) is 11.6 Å². The first-order valence-corrected chi connectivity index (χ1v) is 3.89. The molecule has 0 unspecified atom stereocenters. The first kappa shape index (κ1) is 7.67. The second-order valence-electron chi connectivity index (χ2n) is 3.20. The summed E-state index contributed by atoms with van der Waals surface area (Å²) in [7, 11) is 1.78. The number of nitrogens with zero attached hydrogens (tertiary/aromatic N) is 3. The molecule has 1 aromatic heterocycles. The van der Waals surface area contributed by atoms with Gasteiger partial charge in [0, 0.05) is 20.1 Å². The molecular weight excluding hydrogens is 159 g/mol. The van der Waals surface area contributed by atoms with Crippen LogP contribution < -0.4 is 5.32 Å². The van der Waals surface area contributed by atoms with Crippen LogP contribution in [0.25, 0.3) is 0 Å². The lowest BCUT2D eigenvalue weighted by Crippen LogP contribution is -2.55. The van der Waals surface area contributed by atoms with Crippen LogP contribution in [0.15, 0.2) is 0 Å². The Morgan fingerprint density at radius 1 is 1.50 bits per heavy atom. The summed E-state index contributed by atoms with van der Waals surface area (Å²) in [4.78, 5) is 0. The van der Waals surface area contributed by atoms with Gasteiger partial charge in [-0.05, 0) is 6.92 Å². The van der Waals surface area contributed by atoms with Crippen molar-refractivity contribution in [1.82, 2.24) is 20.1 Å². The van der Waals surface area contributed by atoms with E-state index < -0.39 is 5.67 Å². The largest absolute Gasteiger partial charge is 0.316 e. The standard InChI is InChI=1S/C7H11FN4/c1-5-10-11-6(12(5)2)7(8)3-9-4-7/h9H,3-4H2,1-2H3. The first-order chi connectivity index (χ1) is 5.63. The normalized spacial score (nSPS) is 20.6. The molecule has 2 heterocycles. The van der Waals surface area contributed by atoms with E-state index >= 15 is 0 Å². The van der Waals surface area contributed by atoms with Gasteiger partial charge in [-0.25, -0.2) is 4.39 Å². The van der Waals surface area contributed by atoms with E-state index in [1.54, 1.807) is 11.6 Å². The Morgan fingerprint density at radius 3 is 2.50 bits per heavy atom. The van der Waals surface area contributed by atoms with Gasteiger partial charge in [0.05, 0.1) is 0 Å². The Labute approximate surface area is 69.8 Å². The average Bonchev–Trinajstić information content (AvgIpc) is 2.29. The molecule has 2 rings (SSSR count). The molecule has 0 atom stereocenters. The molecule has 1 N–H and O–H groups in total. The van der Waals surface area contributed by atoms with Gasteiger partial charge in [0.1, 0.15) is 5.82 Å². The van der Waals surface area contributed by atoms with Crippen LogP contribution in [0.1, 0.15) is 11.6 Å². The number of aromatic nitrogens is 3. The monoisotopic (exact) mass is 170 g/mol. The molecule has 4 nitrogen and oxygen atoms in total. The third-order valence-corrected chi connectivity index (χ3v) is 2.30. The summed E-state index contributed by atoms with van der Waals surface area (Å²) in [6.07, 6.45) is 0. The van der Waals surface area contributed by atoms with Crippen molar-refractivity contribution in [3.8, 4) is 0 Å². The molecule has 1 saturated heterocycles. The summed E-state index contributed by atoms with van der Waals surface area (Å²) >= 11 is 0. The van der Waals surface area contributed by atoms with Gasteiger partial charge >= 0.3 is 0 Å². The molecule has 0 saturated carbocycles. The van der Waals surface area contributed by atoms with Gasteiger partial charge in [0.2, 0.25) is 0 Å². The third kappa shape index (κ3) is 0.859. The topological polar surface area (TPSA) is 42.7 Å². The minimum absolute atomic E-state index is 0.346. The Kier molecular flexibility index (Phi) is 1.44. The molecule has 0 aromatic carbocycles. The fourth-order valence-corrected chi connectivity index (χ4v) is 1.30. The smallest absolute Gasteiger partial charge is 0.194 e. The van der Waals surface area contributed by atoms with Crippen LogP contribution in [0.3, 0.4) is 0 Å². The van der Waals surface area contributed by atoms with Gasteiger partial charge in [-0.1, -0.05) is 0 Å². The summed E-state index contributed by atoms with van der Waals surface area (Å²) in [6, 6.07) is 0. The minimum atomic E-state index is -1.30. The number of rotatable bonds is 1. The lowest BCUT2D eigenvalue weighted by Gasteiger charge is -2.33. The van der Waals surface area contributed by atoms with Gasteiger partial charge in [0.25, 0.3) is 0 Å². The highest BCUT2D eigenvalue weighted by Gasteiger charge is 2.43. The highest BCUT2D eigenvalue weighted by atomic mass is 19.1. The molecule has 5 heteroatoms. The summed E-state index contributed by atoms with van der Waals surface area (Å²) in [5.74, 6) is 1.17. The molecule has 12 heavy (non-hydrogen) atoms.